The molecule has 0 atom stereocenters. The van der Waals surface area contributed by atoms with Gasteiger partial charge in [-0.15, -0.1) is 0 Å². The van der Waals surface area contributed by atoms with E-state index in [1.807, 2.05) is 0 Å². The summed E-state index contributed by atoms with van der Waals surface area (Å²) in [5.74, 6) is 0.0963. The molecular weight excluding hydrogens is 228 g/mol. The highest BCUT2D eigenvalue weighted by Crippen LogP contribution is 2.07. The Morgan fingerprint density at radius 2 is 1.94 bits per heavy atom. The standard InChI is InChI=1S/C10H7ClN4O/c11-10-13-6-3-8(15-10)14-9(16)7-1-4-12-5-2-7/h1-6H,(H,13,14,15,16). The van der Waals surface area contributed by atoms with E-state index in [-0.39, 0.29) is 11.2 Å². The number of carbonyl (C=O) groups is 1. The van der Waals surface area contributed by atoms with Gasteiger partial charge in [0.25, 0.3) is 5.91 Å². The molecule has 80 valence electrons. The van der Waals surface area contributed by atoms with Gasteiger partial charge >= 0.3 is 0 Å². The van der Waals surface area contributed by atoms with E-state index >= 15 is 0 Å². The molecule has 0 spiro atoms. The van der Waals surface area contributed by atoms with Crippen molar-refractivity contribution < 1.29 is 4.79 Å². The number of pyridine rings is 1. The van der Waals surface area contributed by atoms with Gasteiger partial charge in [-0.3, -0.25) is 9.78 Å². The molecule has 0 radical (unpaired) electrons. The van der Waals surface area contributed by atoms with Crippen molar-refractivity contribution in [3.05, 3.63) is 47.6 Å². The quantitative estimate of drug-likeness (QED) is 0.805. The summed E-state index contributed by atoms with van der Waals surface area (Å²) in [6, 6.07) is 4.78. The maximum absolute atomic E-state index is 11.7. The number of anilines is 1. The van der Waals surface area contributed by atoms with Crippen LogP contribution in [0.5, 0.6) is 0 Å². The van der Waals surface area contributed by atoms with Gasteiger partial charge in [0.15, 0.2) is 0 Å². The highest BCUT2D eigenvalue weighted by Gasteiger charge is 2.06. The molecule has 0 fully saturated rings. The first-order valence-corrected chi connectivity index (χ1v) is 4.83. The first-order chi connectivity index (χ1) is 7.75. The molecule has 1 amide bonds. The Balaban J connectivity index is 2.14. The van der Waals surface area contributed by atoms with Crippen LogP contribution < -0.4 is 5.32 Å². The van der Waals surface area contributed by atoms with Crippen LogP contribution in [0.15, 0.2) is 36.8 Å². The van der Waals surface area contributed by atoms with Crippen molar-refractivity contribution in [2.24, 2.45) is 0 Å². The Morgan fingerprint density at radius 1 is 1.19 bits per heavy atom. The zero-order valence-corrected chi connectivity index (χ0v) is 8.85. The Hall–Kier alpha value is -2.01. The molecule has 0 aliphatic rings. The van der Waals surface area contributed by atoms with Crippen LogP contribution in [0.3, 0.4) is 0 Å². The smallest absolute Gasteiger partial charge is 0.256 e. The van der Waals surface area contributed by atoms with E-state index in [0.717, 1.165) is 0 Å². The summed E-state index contributed by atoms with van der Waals surface area (Å²) in [6.45, 7) is 0. The SMILES string of the molecule is O=C(Nc1ccnc(Cl)n1)c1ccncc1. The van der Waals surface area contributed by atoms with E-state index in [1.165, 1.54) is 6.20 Å². The molecule has 0 bridgehead atoms. The molecule has 0 saturated heterocycles. The molecule has 2 aromatic rings. The van der Waals surface area contributed by atoms with E-state index in [0.29, 0.717) is 11.4 Å². The van der Waals surface area contributed by atoms with Crippen molar-refractivity contribution in [1.82, 2.24) is 15.0 Å². The number of halogens is 1. The molecular formula is C10H7ClN4O. The Labute approximate surface area is 96.5 Å². The minimum Gasteiger partial charge on any atom is -0.306 e. The van der Waals surface area contributed by atoms with Crippen LogP contribution in [0.2, 0.25) is 5.28 Å². The summed E-state index contributed by atoms with van der Waals surface area (Å²) in [5, 5.41) is 2.69. The molecule has 6 heteroatoms. The number of carbonyl (C=O) groups excluding carboxylic acids is 1. The fourth-order valence-electron chi connectivity index (χ4n) is 1.10. The van der Waals surface area contributed by atoms with Crippen LogP contribution >= 0.6 is 11.6 Å². The van der Waals surface area contributed by atoms with E-state index < -0.39 is 0 Å². The van der Waals surface area contributed by atoms with Crippen molar-refractivity contribution in [2.75, 3.05) is 5.32 Å². The van der Waals surface area contributed by atoms with Gasteiger partial charge in [0.2, 0.25) is 5.28 Å². The van der Waals surface area contributed by atoms with Gasteiger partial charge in [-0.2, -0.15) is 0 Å². The molecule has 2 rings (SSSR count). The van der Waals surface area contributed by atoms with Crippen LogP contribution in [-0.2, 0) is 0 Å². The lowest BCUT2D eigenvalue weighted by Crippen LogP contribution is -2.13. The number of hydrogen-bond acceptors (Lipinski definition) is 4. The summed E-state index contributed by atoms with van der Waals surface area (Å²) in [4.78, 5) is 23.1. The van der Waals surface area contributed by atoms with E-state index in [4.69, 9.17) is 11.6 Å². The largest absolute Gasteiger partial charge is 0.306 e. The average Bonchev–Trinajstić information content (AvgIpc) is 2.30. The van der Waals surface area contributed by atoms with Gasteiger partial charge in [-0.25, -0.2) is 9.97 Å². The average molecular weight is 235 g/mol. The second-order valence-corrected chi connectivity index (χ2v) is 3.24. The Bertz CT molecular complexity index is 503. The molecule has 2 aromatic heterocycles. The molecule has 16 heavy (non-hydrogen) atoms. The molecule has 2 heterocycles. The molecule has 1 N–H and O–H groups in total. The lowest BCUT2D eigenvalue weighted by atomic mass is 10.2. The predicted molar refractivity (Wildman–Crippen MR) is 59.2 cm³/mol. The van der Waals surface area contributed by atoms with E-state index in [2.05, 4.69) is 20.3 Å². The third kappa shape index (κ3) is 2.52. The number of amides is 1. The first-order valence-electron chi connectivity index (χ1n) is 4.45. The summed E-state index contributed by atoms with van der Waals surface area (Å²) in [6.07, 6.45) is 4.56. The van der Waals surface area contributed by atoms with Gasteiger partial charge in [0, 0.05) is 24.2 Å². The third-order valence-corrected chi connectivity index (χ3v) is 1.99. The molecule has 0 aliphatic carbocycles. The molecule has 0 unspecified atom stereocenters. The monoisotopic (exact) mass is 234 g/mol. The van der Waals surface area contributed by atoms with Crippen LogP contribution in [0, 0.1) is 0 Å². The van der Waals surface area contributed by atoms with Crippen molar-refractivity contribution >= 4 is 23.3 Å². The number of nitrogens with zero attached hydrogens (tertiary/aromatic N) is 3. The fourth-order valence-corrected chi connectivity index (χ4v) is 1.24. The van der Waals surface area contributed by atoms with Crippen LogP contribution in [-0.4, -0.2) is 20.9 Å². The first kappa shape index (κ1) is 10.5. The van der Waals surface area contributed by atoms with Gasteiger partial charge in [0.1, 0.15) is 5.82 Å². The minimum absolute atomic E-state index is 0.0903. The Morgan fingerprint density at radius 3 is 2.62 bits per heavy atom. The normalized spacial score (nSPS) is 9.81. The number of rotatable bonds is 2. The van der Waals surface area contributed by atoms with Gasteiger partial charge < -0.3 is 5.32 Å². The third-order valence-electron chi connectivity index (χ3n) is 1.81. The van der Waals surface area contributed by atoms with Crippen LogP contribution in [0.1, 0.15) is 10.4 Å². The molecule has 0 aliphatic heterocycles. The van der Waals surface area contributed by atoms with E-state index in [9.17, 15) is 4.79 Å². The molecule has 5 nitrogen and oxygen atoms in total. The maximum Gasteiger partial charge on any atom is 0.256 e. The second-order valence-electron chi connectivity index (χ2n) is 2.90. The number of nitrogens with one attached hydrogen (secondary N) is 1. The fraction of sp³-hybridized carbons (Fsp3) is 0. The predicted octanol–water partition coefficient (Wildman–Crippen LogP) is 1.78. The van der Waals surface area contributed by atoms with Crippen molar-refractivity contribution in [1.29, 1.82) is 0 Å². The minimum atomic E-state index is -0.267. The van der Waals surface area contributed by atoms with Gasteiger partial charge in [0.05, 0.1) is 0 Å². The van der Waals surface area contributed by atoms with Crippen molar-refractivity contribution in [3.8, 4) is 0 Å². The van der Waals surface area contributed by atoms with Crippen LogP contribution in [0.25, 0.3) is 0 Å². The van der Waals surface area contributed by atoms with Crippen molar-refractivity contribution in [3.63, 3.8) is 0 Å². The van der Waals surface area contributed by atoms with E-state index in [1.54, 1.807) is 30.6 Å². The molecule has 0 aromatic carbocycles. The Kier molecular flexibility index (Phi) is 3.07. The second kappa shape index (κ2) is 4.67. The van der Waals surface area contributed by atoms with Crippen LogP contribution in [0.4, 0.5) is 5.82 Å². The summed E-state index contributed by atoms with van der Waals surface area (Å²) in [7, 11) is 0. The number of aromatic nitrogens is 3. The van der Waals surface area contributed by atoms with Gasteiger partial charge in [-0.1, -0.05) is 0 Å². The molecule has 0 saturated carbocycles. The zero-order chi connectivity index (χ0) is 11.4. The summed E-state index contributed by atoms with van der Waals surface area (Å²) >= 11 is 5.59. The zero-order valence-electron chi connectivity index (χ0n) is 8.09. The highest BCUT2D eigenvalue weighted by molar-refractivity contribution is 6.28. The number of hydrogen-bond donors (Lipinski definition) is 1. The topological polar surface area (TPSA) is 67.8 Å². The highest BCUT2D eigenvalue weighted by atomic mass is 35.5. The summed E-state index contributed by atoms with van der Waals surface area (Å²) in [5.41, 5.74) is 0.504. The maximum atomic E-state index is 11.7. The van der Waals surface area contributed by atoms with Gasteiger partial charge in [-0.05, 0) is 29.8 Å². The lowest BCUT2D eigenvalue weighted by molar-refractivity contribution is 0.102. The lowest BCUT2D eigenvalue weighted by Gasteiger charge is -2.03. The van der Waals surface area contributed by atoms with Crippen molar-refractivity contribution in [2.45, 2.75) is 0 Å². The summed E-state index contributed by atoms with van der Waals surface area (Å²) < 4.78 is 0.